The molecule has 1 aromatic carbocycles. The summed E-state index contributed by atoms with van der Waals surface area (Å²) in [4.78, 5) is 18.2. The molecule has 0 N–H and O–H groups in total. The van der Waals surface area contributed by atoms with E-state index >= 15 is 0 Å². The zero-order valence-corrected chi connectivity index (χ0v) is 14.2. The van der Waals surface area contributed by atoms with E-state index in [9.17, 15) is 4.79 Å². The molecule has 1 heterocycles. The summed E-state index contributed by atoms with van der Waals surface area (Å²) in [6.07, 6.45) is 3.19. The quantitative estimate of drug-likeness (QED) is 0.626. The molecule has 5 nitrogen and oxygen atoms in total. The van der Waals surface area contributed by atoms with Crippen molar-refractivity contribution >= 4 is 28.6 Å². The van der Waals surface area contributed by atoms with Gasteiger partial charge in [0.25, 0.3) is 0 Å². The van der Waals surface area contributed by atoms with Crippen LogP contribution in [-0.4, -0.2) is 38.8 Å². The van der Waals surface area contributed by atoms with Crippen molar-refractivity contribution < 1.29 is 14.3 Å². The standard InChI is InChI=1S/C18H22N2O3/c1-6-23-16(21)10-8-13-7-9-15(22-5)18-17(13)14(20(3)4)11-12(2)19-18/h7-11H,6H2,1-5H3/b10-8+. The highest BCUT2D eigenvalue weighted by molar-refractivity contribution is 6.02. The molecule has 0 saturated carbocycles. The number of ether oxygens (including phenoxy) is 2. The van der Waals surface area contributed by atoms with E-state index in [1.165, 1.54) is 6.08 Å². The molecule has 0 amide bonds. The van der Waals surface area contributed by atoms with Crippen LogP contribution >= 0.6 is 0 Å². The van der Waals surface area contributed by atoms with Crippen LogP contribution in [0.1, 0.15) is 18.2 Å². The number of carbonyl (C=O) groups excluding carboxylic acids is 1. The van der Waals surface area contributed by atoms with Gasteiger partial charge in [0.05, 0.1) is 13.7 Å². The van der Waals surface area contributed by atoms with E-state index in [2.05, 4.69) is 4.98 Å². The van der Waals surface area contributed by atoms with E-state index < -0.39 is 0 Å². The monoisotopic (exact) mass is 314 g/mol. The van der Waals surface area contributed by atoms with Crippen molar-refractivity contribution in [1.29, 1.82) is 0 Å². The minimum absolute atomic E-state index is 0.357. The summed E-state index contributed by atoms with van der Waals surface area (Å²) in [5, 5.41) is 0.945. The minimum Gasteiger partial charge on any atom is -0.494 e. The van der Waals surface area contributed by atoms with Gasteiger partial charge in [-0.2, -0.15) is 0 Å². The van der Waals surface area contributed by atoms with Crippen molar-refractivity contribution in [2.75, 3.05) is 32.7 Å². The molecule has 23 heavy (non-hydrogen) atoms. The fraction of sp³-hybridized carbons (Fsp3) is 0.333. The first-order valence-electron chi connectivity index (χ1n) is 7.48. The minimum atomic E-state index is -0.358. The van der Waals surface area contributed by atoms with Crippen LogP contribution in [0, 0.1) is 6.92 Å². The fourth-order valence-corrected chi connectivity index (χ4v) is 2.45. The highest BCUT2D eigenvalue weighted by Gasteiger charge is 2.13. The molecule has 2 rings (SSSR count). The second kappa shape index (κ2) is 7.13. The molecule has 0 unspecified atom stereocenters. The third-order valence-corrected chi connectivity index (χ3v) is 3.45. The van der Waals surface area contributed by atoms with Crippen LogP contribution in [0.5, 0.6) is 5.75 Å². The van der Waals surface area contributed by atoms with Crippen molar-refractivity contribution in [2.24, 2.45) is 0 Å². The Morgan fingerprint density at radius 2 is 2.09 bits per heavy atom. The normalized spacial score (nSPS) is 11.0. The van der Waals surface area contributed by atoms with E-state index in [1.54, 1.807) is 20.1 Å². The SMILES string of the molecule is CCOC(=O)/C=C/c1ccc(OC)c2nc(C)cc(N(C)C)c12. The summed E-state index contributed by atoms with van der Waals surface area (Å²) in [6.45, 7) is 4.09. The zero-order valence-electron chi connectivity index (χ0n) is 14.2. The van der Waals surface area contributed by atoms with Crippen LogP contribution < -0.4 is 9.64 Å². The van der Waals surface area contributed by atoms with Crippen LogP contribution in [-0.2, 0) is 9.53 Å². The van der Waals surface area contributed by atoms with Crippen LogP contribution in [0.2, 0.25) is 0 Å². The number of nitrogens with zero attached hydrogens (tertiary/aromatic N) is 2. The molecular weight excluding hydrogens is 292 g/mol. The molecule has 0 aliphatic rings. The molecule has 122 valence electrons. The molecule has 5 heteroatoms. The predicted octanol–water partition coefficient (Wildman–Crippen LogP) is 3.19. The number of carbonyl (C=O) groups is 1. The van der Waals surface area contributed by atoms with E-state index in [4.69, 9.17) is 9.47 Å². The van der Waals surface area contributed by atoms with Gasteiger partial charge in [-0.25, -0.2) is 9.78 Å². The molecule has 0 spiro atoms. The maximum atomic E-state index is 11.6. The summed E-state index contributed by atoms with van der Waals surface area (Å²) in [5.74, 6) is 0.350. The molecule has 0 fully saturated rings. The van der Waals surface area contributed by atoms with Gasteiger partial charge >= 0.3 is 5.97 Å². The lowest BCUT2D eigenvalue weighted by Gasteiger charge is -2.19. The number of pyridine rings is 1. The Morgan fingerprint density at radius 3 is 2.70 bits per heavy atom. The molecule has 0 radical (unpaired) electrons. The van der Waals surface area contributed by atoms with E-state index in [1.807, 2.05) is 44.1 Å². The Labute approximate surface area is 136 Å². The third kappa shape index (κ3) is 3.62. The molecule has 2 aromatic rings. The fourth-order valence-electron chi connectivity index (χ4n) is 2.45. The van der Waals surface area contributed by atoms with Gasteiger partial charge in [0.1, 0.15) is 11.3 Å². The van der Waals surface area contributed by atoms with Crippen molar-refractivity contribution in [2.45, 2.75) is 13.8 Å². The third-order valence-electron chi connectivity index (χ3n) is 3.45. The maximum absolute atomic E-state index is 11.6. The van der Waals surface area contributed by atoms with Crippen LogP contribution in [0.3, 0.4) is 0 Å². The van der Waals surface area contributed by atoms with Crippen molar-refractivity contribution in [1.82, 2.24) is 4.98 Å². The number of hydrogen-bond donors (Lipinski definition) is 0. The summed E-state index contributed by atoms with van der Waals surface area (Å²) in [7, 11) is 5.58. The topological polar surface area (TPSA) is 51.7 Å². The van der Waals surface area contributed by atoms with Crippen LogP contribution in [0.25, 0.3) is 17.0 Å². The average molecular weight is 314 g/mol. The lowest BCUT2D eigenvalue weighted by molar-refractivity contribution is -0.137. The summed E-state index contributed by atoms with van der Waals surface area (Å²) in [5.41, 5.74) is 3.60. The number of aryl methyl sites for hydroxylation is 1. The smallest absolute Gasteiger partial charge is 0.330 e. The number of anilines is 1. The Bertz CT molecular complexity index is 752. The van der Waals surface area contributed by atoms with E-state index in [-0.39, 0.29) is 5.97 Å². The Morgan fingerprint density at radius 1 is 1.35 bits per heavy atom. The van der Waals surface area contributed by atoms with Gasteiger partial charge in [-0.3, -0.25) is 0 Å². The summed E-state index contributed by atoms with van der Waals surface area (Å²) in [6, 6.07) is 5.80. The Hall–Kier alpha value is -2.56. The number of methoxy groups -OCH3 is 1. The molecule has 1 aromatic heterocycles. The largest absolute Gasteiger partial charge is 0.494 e. The Kier molecular flexibility index (Phi) is 5.21. The molecule has 0 aliphatic heterocycles. The second-order valence-electron chi connectivity index (χ2n) is 5.34. The van der Waals surface area contributed by atoms with Crippen LogP contribution in [0.4, 0.5) is 5.69 Å². The van der Waals surface area contributed by atoms with Gasteiger partial charge in [-0.05, 0) is 37.6 Å². The van der Waals surface area contributed by atoms with Crippen molar-refractivity contribution in [3.63, 3.8) is 0 Å². The van der Waals surface area contributed by atoms with Gasteiger partial charge in [0, 0.05) is 36.9 Å². The summed E-state index contributed by atoms with van der Waals surface area (Å²) < 4.78 is 10.4. The molecular formula is C18H22N2O3. The predicted molar refractivity (Wildman–Crippen MR) is 93.0 cm³/mol. The van der Waals surface area contributed by atoms with Gasteiger partial charge in [-0.15, -0.1) is 0 Å². The first kappa shape index (κ1) is 16.8. The highest BCUT2D eigenvalue weighted by atomic mass is 16.5. The van der Waals surface area contributed by atoms with Gasteiger partial charge < -0.3 is 14.4 Å². The Balaban J connectivity index is 2.68. The van der Waals surface area contributed by atoms with Crippen molar-refractivity contribution in [3.05, 3.63) is 35.5 Å². The molecule has 0 aliphatic carbocycles. The number of rotatable bonds is 5. The number of fused-ring (bicyclic) bond motifs is 1. The van der Waals surface area contributed by atoms with Gasteiger partial charge in [-0.1, -0.05) is 6.07 Å². The first-order valence-corrected chi connectivity index (χ1v) is 7.48. The number of esters is 1. The number of hydrogen-bond acceptors (Lipinski definition) is 5. The lowest BCUT2D eigenvalue weighted by atomic mass is 10.0. The van der Waals surface area contributed by atoms with E-state index in [0.717, 1.165) is 27.8 Å². The van der Waals surface area contributed by atoms with Crippen LogP contribution in [0.15, 0.2) is 24.3 Å². The number of aromatic nitrogens is 1. The number of benzene rings is 1. The van der Waals surface area contributed by atoms with E-state index in [0.29, 0.717) is 12.4 Å². The second-order valence-corrected chi connectivity index (χ2v) is 5.34. The molecule has 0 atom stereocenters. The summed E-state index contributed by atoms with van der Waals surface area (Å²) >= 11 is 0. The molecule has 0 bridgehead atoms. The first-order chi connectivity index (χ1) is 11.0. The zero-order chi connectivity index (χ0) is 17.0. The molecule has 0 saturated heterocycles. The average Bonchev–Trinajstić information content (AvgIpc) is 2.51. The van der Waals surface area contributed by atoms with Gasteiger partial charge in [0.15, 0.2) is 0 Å². The van der Waals surface area contributed by atoms with Gasteiger partial charge in [0.2, 0.25) is 0 Å². The maximum Gasteiger partial charge on any atom is 0.330 e. The van der Waals surface area contributed by atoms with Crippen molar-refractivity contribution in [3.8, 4) is 5.75 Å². The lowest BCUT2D eigenvalue weighted by Crippen LogP contribution is -2.10. The highest BCUT2D eigenvalue weighted by Crippen LogP contribution is 2.35.